The minimum atomic E-state index is -0.520. The third kappa shape index (κ3) is 1.88. The second-order valence-corrected chi connectivity index (χ2v) is 5.08. The standard InChI is InChI=1S/C12H17N5O3/c1-2-12(5-18)4-3-7(20-12)17-6-14-8-9(17)15-11(13)16-10(8)19/h6-7,18H,2-5H2,1H3,(H3,13,15,16,19). The molecule has 0 aliphatic carbocycles. The molecule has 0 radical (unpaired) electrons. The lowest BCUT2D eigenvalue weighted by Crippen LogP contribution is -2.32. The van der Waals surface area contributed by atoms with Crippen LogP contribution in [0.3, 0.4) is 0 Å². The number of anilines is 1. The van der Waals surface area contributed by atoms with Crippen molar-refractivity contribution in [1.29, 1.82) is 0 Å². The molecule has 2 unspecified atom stereocenters. The Morgan fingerprint density at radius 3 is 3.15 bits per heavy atom. The average Bonchev–Trinajstić information content (AvgIpc) is 3.02. The molecule has 2 aromatic heterocycles. The van der Waals surface area contributed by atoms with E-state index in [9.17, 15) is 9.90 Å². The van der Waals surface area contributed by atoms with Crippen LogP contribution in [-0.4, -0.2) is 36.8 Å². The zero-order chi connectivity index (χ0) is 14.3. The number of aromatic nitrogens is 4. The van der Waals surface area contributed by atoms with E-state index in [1.165, 1.54) is 6.33 Å². The van der Waals surface area contributed by atoms with Crippen LogP contribution in [0.25, 0.3) is 11.2 Å². The number of aliphatic hydroxyl groups excluding tert-OH is 1. The molecule has 3 rings (SSSR count). The first-order valence-corrected chi connectivity index (χ1v) is 6.59. The maximum absolute atomic E-state index is 11.7. The fraction of sp³-hybridized carbons (Fsp3) is 0.583. The zero-order valence-corrected chi connectivity index (χ0v) is 11.2. The predicted octanol–water partition coefficient (Wildman–Crippen LogP) is 0.152. The summed E-state index contributed by atoms with van der Waals surface area (Å²) in [4.78, 5) is 22.3. The number of ether oxygens (including phenoxy) is 1. The quantitative estimate of drug-likeness (QED) is 0.736. The first kappa shape index (κ1) is 13.1. The van der Waals surface area contributed by atoms with Crippen molar-refractivity contribution >= 4 is 17.1 Å². The molecule has 8 nitrogen and oxygen atoms in total. The minimum absolute atomic E-state index is 0.0250. The van der Waals surface area contributed by atoms with Crippen molar-refractivity contribution in [3.8, 4) is 0 Å². The van der Waals surface area contributed by atoms with Crippen molar-refractivity contribution in [2.24, 2.45) is 0 Å². The number of nitrogens with zero attached hydrogens (tertiary/aromatic N) is 3. The van der Waals surface area contributed by atoms with E-state index in [1.807, 2.05) is 6.92 Å². The van der Waals surface area contributed by atoms with E-state index in [0.717, 1.165) is 19.3 Å². The van der Waals surface area contributed by atoms with Crippen LogP contribution in [0.4, 0.5) is 5.95 Å². The van der Waals surface area contributed by atoms with Crippen molar-refractivity contribution in [2.75, 3.05) is 12.3 Å². The van der Waals surface area contributed by atoms with Crippen LogP contribution in [0.5, 0.6) is 0 Å². The van der Waals surface area contributed by atoms with Crippen molar-refractivity contribution in [1.82, 2.24) is 19.5 Å². The van der Waals surface area contributed by atoms with Crippen molar-refractivity contribution in [3.05, 3.63) is 16.7 Å². The van der Waals surface area contributed by atoms with E-state index in [4.69, 9.17) is 10.5 Å². The van der Waals surface area contributed by atoms with E-state index in [-0.39, 0.29) is 29.9 Å². The Balaban J connectivity index is 2.02. The lowest BCUT2D eigenvalue weighted by molar-refractivity contribution is -0.0984. The smallest absolute Gasteiger partial charge is 0.280 e. The van der Waals surface area contributed by atoms with Gasteiger partial charge in [-0.1, -0.05) is 6.92 Å². The maximum Gasteiger partial charge on any atom is 0.280 e. The summed E-state index contributed by atoms with van der Waals surface area (Å²) in [5.74, 6) is 0.0474. The summed E-state index contributed by atoms with van der Waals surface area (Å²) in [7, 11) is 0. The number of imidazole rings is 1. The van der Waals surface area contributed by atoms with Gasteiger partial charge in [-0.2, -0.15) is 4.98 Å². The Morgan fingerprint density at radius 1 is 1.70 bits per heavy atom. The van der Waals surface area contributed by atoms with Crippen LogP contribution in [0.1, 0.15) is 32.4 Å². The van der Waals surface area contributed by atoms with Gasteiger partial charge in [0.15, 0.2) is 11.2 Å². The van der Waals surface area contributed by atoms with Gasteiger partial charge in [0, 0.05) is 0 Å². The third-order valence-corrected chi connectivity index (χ3v) is 3.93. The Kier molecular flexibility index (Phi) is 2.98. The van der Waals surface area contributed by atoms with Gasteiger partial charge in [0.05, 0.1) is 18.5 Å². The fourth-order valence-electron chi connectivity index (χ4n) is 2.63. The normalized spacial score (nSPS) is 26.4. The Morgan fingerprint density at radius 2 is 2.50 bits per heavy atom. The molecule has 0 aromatic carbocycles. The van der Waals surface area contributed by atoms with Crippen LogP contribution >= 0.6 is 0 Å². The molecule has 20 heavy (non-hydrogen) atoms. The molecule has 2 atom stereocenters. The SMILES string of the molecule is CCC1(CO)CCC(n2cnc3c(=O)[nH]c(N)nc32)O1. The lowest BCUT2D eigenvalue weighted by Gasteiger charge is -2.25. The summed E-state index contributed by atoms with van der Waals surface area (Å²) in [5, 5.41) is 9.49. The number of hydrogen-bond donors (Lipinski definition) is 3. The van der Waals surface area contributed by atoms with Gasteiger partial charge in [0.2, 0.25) is 5.95 Å². The molecule has 1 aliphatic heterocycles. The summed E-state index contributed by atoms with van der Waals surface area (Å²) in [6.45, 7) is 1.95. The van der Waals surface area contributed by atoms with Gasteiger partial charge >= 0.3 is 0 Å². The molecule has 1 fully saturated rings. The highest BCUT2D eigenvalue weighted by atomic mass is 16.5. The number of hydrogen-bond acceptors (Lipinski definition) is 6. The summed E-state index contributed by atoms with van der Waals surface area (Å²) in [6.07, 6.45) is 3.45. The Hall–Kier alpha value is -1.93. The van der Waals surface area contributed by atoms with Gasteiger partial charge in [-0.05, 0) is 19.3 Å². The fourth-order valence-corrected chi connectivity index (χ4v) is 2.63. The Bertz CT molecular complexity index is 688. The van der Waals surface area contributed by atoms with Gasteiger partial charge < -0.3 is 15.6 Å². The summed E-state index contributed by atoms with van der Waals surface area (Å²) in [5.41, 5.74) is 5.32. The number of rotatable bonds is 3. The second-order valence-electron chi connectivity index (χ2n) is 5.08. The predicted molar refractivity (Wildman–Crippen MR) is 72.0 cm³/mol. The van der Waals surface area contributed by atoms with Gasteiger partial charge in [0.25, 0.3) is 5.56 Å². The topological polar surface area (TPSA) is 119 Å². The molecule has 0 spiro atoms. The van der Waals surface area contributed by atoms with E-state index in [0.29, 0.717) is 5.65 Å². The highest BCUT2D eigenvalue weighted by molar-refractivity contribution is 5.70. The van der Waals surface area contributed by atoms with Crippen LogP contribution in [0, 0.1) is 0 Å². The van der Waals surface area contributed by atoms with Gasteiger partial charge in [-0.25, -0.2) is 4.98 Å². The van der Waals surface area contributed by atoms with E-state index in [1.54, 1.807) is 4.57 Å². The number of nitrogen functional groups attached to an aromatic ring is 1. The van der Waals surface area contributed by atoms with Crippen LogP contribution < -0.4 is 11.3 Å². The molecule has 108 valence electrons. The molecule has 1 saturated heterocycles. The van der Waals surface area contributed by atoms with E-state index >= 15 is 0 Å². The van der Waals surface area contributed by atoms with Crippen molar-refractivity contribution < 1.29 is 9.84 Å². The van der Waals surface area contributed by atoms with Gasteiger partial charge in [0.1, 0.15) is 6.23 Å². The van der Waals surface area contributed by atoms with Crippen molar-refractivity contribution in [2.45, 2.75) is 38.0 Å². The summed E-state index contributed by atoms with van der Waals surface area (Å²) >= 11 is 0. The molecule has 0 saturated carbocycles. The monoisotopic (exact) mass is 279 g/mol. The first-order chi connectivity index (χ1) is 9.58. The molecule has 8 heteroatoms. The zero-order valence-electron chi connectivity index (χ0n) is 11.2. The van der Waals surface area contributed by atoms with Gasteiger partial charge in [-0.3, -0.25) is 14.3 Å². The van der Waals surface area contributed by atoms with Crippen LogP contribution in [0.2, 0.25) is 0 Å². The van der Waals surface area contributed by atoms with E-state index in [2.05, 4.69) is 15.0 Å². The Labute approximate surface area is 114 Å². The van der Waals surface area contributed by atoms with Crippen LogP contribution in [0.15, 0.2) is 11.1 Å². The molecule has 3 heterocycles. The molecule has 0 amide bonds. The summed E-state index contributed by atoms with van der Waals surface area (Å²) < 4.78 is 7.66. The molecular formula is C12H17N5O3. The highest BCUT2D eigenvalue weighted by Gasteiger charge is 2.39. The molecule has 1 aliphatic rings. The maximum atomic E-state index is 11.7. The number of aliphatic hydroxyl groups is 1. The molecule has 2 aromatic rings. The minimum Gasteiger partial charge on any atom is -0.393 e. The highest BCUT2D eigenvalue weighted by Crippen LogP contribution is 2.39. The molecule has 4 N–H and O–H groups in total. The number of fused-ring (bicyclic) bond motifs is 1. The second kappa shape index (κ2) is 4.57. The first-order valence-electron chi connectivity index (χ1n) is 6.59. The number of nitrogens with two attached hydrogens (primary N) is 1. The van der Waals surface area contributed by atoms with E-state index < -0.39 is 5.60 Å². The van der Waals surface area contributed by atoms with Crippen LogP contribution in [-0.2, 0) is 4.74 Å². The van der Waals surface area contributed by atoms with Gasteiger partial charge in [-0.15, -0.1) is 0 Å². The molecular weight excluding hydrogens is 262 g/mol. The lowest BCUT2D eigenvalue weighted by atomic mass is 9.98. The third-order valence-electron chi connectivity index (χ3n) is 3.93. The van der Waals surface area contributed by atoms with Crippen molar-refractivity contribution in [3.63, 3.8) is 0 Å². The largest absolute Gasteiger partial charge is 0.393 e. The summed E-state index contributed by atoms with van der Waals surface area (Å²) in [6, 6.07) is 0. The number of nitrogens with one attached hydrogen (secondary N) is 1. The number of aromatic amines is 1. The average molecular weight is 279 g/mol. The molecule has 0 bridgehead atoms. The number of H-pyrrole nitrogens is 1.